The number of carbonyl (C=O) groups is 1. The average Bonchev–Trinajstić information content (AvgIpc) is 3.26. The van der Waals surface area contributed by atoms with E-state index in [0.29, 0.717) is 11.4 Å². The molecule has 0 atom stereocenters. The number of carbonyl (C=O) groups excluding carboxylic acids is 1. The molecule has 1 aliphatic heterocycles. The van der Waals surface area contributed by atoms with Crippen LogP contribution in [0.4, 0.5) is 30.2 Å². The van der Waals surface area contributed by atoms with Crippen LogP contribution in [0.25, 0.3) is 0 Å². The van der Waals surface area contributed by atoms with Crippen molar-refractivity contribution in [1.82, 2.24) is 0 Å². The topological polar surface area (TPSA) is 77.4 Å². The second kappa shape index (κ2) is 9.39. The lowest BCUT2D eigenvalue weighted by Gasteiger charge is -2.17. The minimum absolute atomic E-state index is 0.0536. The summed E-state index contributed by atoms with van der Waals surface area (Å²) in [6.45, 7) is 0.537. The SMILES string of the molecule is N#Cc1cc(NCC(=O)Nc2ccc(N3CCCC3)cc2)ccc1OCC(F)(F)F. The highest BCUT2D eigenvalue weighted by Gasteiger charge is 2.28. The van der Waals surface area contributed by atoms with Crippen LogP contribution in [0.5, 0.6) is 5.75 Å². The van der Waals surface area contributed by atoms with Gasteiger partial charge in [0.25, 0.3) is 0 Å². The third-order valence-corrected chi connectivity index (χ3v) is 4.57. The summed E-state index contributed by atoms with van der Waals surface area (Å²) in [5.41, 5.74) is 2.16. The number of anilines is 3. The molecule has 2 aromatic rings. The summed E-state index contributed by atoms with van der Waals surface area (Å²) in [4.78, 5) is 14.5. The number of hydrogen-bond acceptors (Lipinski definition) is 5. The molecule has 1 fully saturated rings. The van der Waals surface area contributed by atoms with Crippen molar-refractivity contribution in [3.63, 3.8) is 0 Å². The number of nitrogens with zero attached hydrogens (tertiary/aromatic N) is 2. The lowest BCUT2D eigenvalue weighted by molar-refractivity contribution is -0.153. The fourth-order valence-electron chi connectivity index (χ4n) is 3.13. The van der Waals surface area contributed by atoms with Crippen LogP contribution in [0.1, 0.15) is 18.4 Å². The Labute approximate surface area is 172 Å². The van der Waals surface area contributed by atoms with Gasteiger partial charge in [0.2, 0.25) is 5.91 Å². The molecular weight excluding hydrogens is 397 g/mol. The maximum absolute atomic E-state index is 12.3. The predicted octanol–water partition coefficient (Wildman–Crippen LogP) is 4.15. The lowest BCUT2D eigenvalue weighted by Crippen LogP contribution is -2.22. The molecule has 1 amide bonds. The molecule has 30 heavy (non-hydrogen) atoms. The molecular formula is C21H21F3N4O2. The molecule has 6 nitrogen and oxygen atoms in total. The average molecular weight is 418 g/mol. The molecule has 1 aliphatic rings. The summed E-state index contributed by atoms with van der Waals surface area (Å²) in [5.74, 6) is -0.456. The zero-order chi connectivity index (χ0) is 21.6. The van der Waals surface area contributed by atoms with E-state index in [1.54, 1.807) is 6.07 Å². The Morgan fingerprint density at radius 2 is 1.77 bits per heavy atom. The summed E-state index contributed by atoms with van der Waals surface area (Å²) in [7, 11) is 0. The van der Waals surface area contributed by atoms with Crippen molar-refractivity contribution in [2.45, 2.75) is 19.0 Å². The van der Waals surface area contributed by atoms with Gasteiger partial charge < -0.3 is 20.3 Å². The van der Waals surface area contributed by atoms with Gasteiger partial charge in [0.05, 0.1) is 12.1 Å². The monoisotopic (exact) mass is 418 g/mol. The number of nitrogens with one attached hydrogen (secondary N) is 2. The van der Waals surface area contributed by atoms with Gasteiger partial charge in [-0.15, -0.1) is 0 Å². The summed E-state index contributed by atoms with van der Waals surface area (Å²) in [5, 5.41) is 14.7. The van der Waals surface area contributed by atoms with E-state index in [0.717, 1.165) is 18.8 Å². The molecule has 2 N–H and O–H groups in total. The van der Waals surface area contributed by atoms with Crippen LogP contribution < -0.4 is 20.3 Å². The Morgan fingerprint density at radius 1 is 1.10 bits per heavy atom. The van der Waals surface area contributed by atoms with Gasteiger partial charge in [-0.2, -0.15) is 18.4 Å². The Bertz CT molecular complexity index is 917. The molecule has 9 heteroatoms. The van der Waals surface area contributed by atoms with Crippen LogP contribution in [0, 0.1) is 11.3 Å². The van der Waals surface area contributed by atoms with Crippen LogP contribution in [-0.4, -0.2) is 38.3 Å². The van der Waals surface area contributed by atoms with Crippen LogP contribution in [-0.2, 0) is 4.79 Å². The van der Waals surface area contributed by atoms with E-state index < -0.39 is 12.8 Å². The quantitative estimate of drug-likeness (QED) is 0.706. The Morgan fingerprint density at radius 3 is 2.40 bits per heavy atom. The molecule has 0 saturated carbocycles. The number of nitriles is 1. The van der Waals surface area contributed by atoms with E-state index >= 15 is 0 Å². The fourth-order valence-corrected chi connectivity index (χ4v) is 3.13. The van der Waals surface area contributed by atoms with E-state index in [1.807, 2.05) is 24.3 Å². The Kier molecular flexibility index (Phi) is 6.67. The van der Waals surface area contributed by atoms with Crippen LogP contribution in [0.2, 0.25) is 0 Å². The highest BCUT2D eigenvalue weighted by atomic mass is 19.4. The largest absolute Gasteiger partial charge is 0.483 e. The minimum atomic E-state index is -4.49. The second-order valence-electron chi connectivity index (χ2n) is 6.87. The van der Waals surface area contributed by atoms with E-state index in [9.17, 15) is 18.0 Å². The minimum Gasteiger partial charge on any atom is -0.483 e. The summed E-state index contributed by atoms with van der Waals surface area (Å²) in [6.07, 6.45) is -2.12. The van der Waals surface area contributed by atoms with E-state index in [1.165, 1.54) is 31.0 Å². The number of amides is 1. The predicted molar refractivity (Wildman–Crippen MR) is 108 cm³/mol. The first kappa shape index (κ1) is 21.3. The van der Waals surface area contributed by atoms with Crippen LogP contribution in [0.3, 0.4) is 0 Å². The van der Waals surface area contributed by atoms with Gasteiger partial charge >= 0.3 is 6.18 Å². The van der Waals surface area contributed by atoms with E-state index in [-0.39, 0.29) is 23.8 Å². The highest BCUT2D eigenvalue weighted by Crippen LogP contribution is 2.25. The van der Waals surface area contributed by atoms with Crippen molar-refractivity contribution in [2.75, 3.05) is 41.8 Å². The molecule has 1 saturated heterocycles. The Balaban J connectivity index is 1.52. The van der Waals surface area contributed by atoms with Gasteiger partial charge in [-0.05, 0) is 55.3 Å². The number of benzene rings is 2. The number of alkyl halides is 3. The molecule has 0 radical (unpaired) electrons. The van der Waals surface area contributed by atoms with Gasteiger partial charge in [-0.1, -0.05) is 0 Å². The van der Waals surface area contributed by atoms with E-state index in [2.05, 4.69) is 20.3 Å². The summed E-state index contributed by atoms with van der Waals surface area (Å²) < 4.78 is 41.5. The van der Waals surface area contributed by atoms with Gasteiger partial charge in [0.1, 0.15) is 11.8 Å². The Hall–Kier alpha value is -3.41. The van der Waals surface area contributed by atoms with Crippen LogP contribution >= 0.6 is 0 Å². The molecule has 0 spiro atoms. The molecule has 0 bridgehead atoms. The normalized spacial score (nSPS) is 13.6. The number of hydrogen-bond donors (Lipinski definition) is 2. The first-order valence-electron chi connectivity index (χ1n) is 9.46. The van der Waals surface area contributed by atoms with Gasteiger partial charge in [0, 0.05) is 30.2 Å². The number of rotatable bonds is 7. The molecule has 0 unspecified atom stereocenters. The molecule has 3 rings (SSSR count). The van der Waals surface area contributed by atoms with E-state index in [4.69, 9.17) is 5.26 Å². The van der Waals surface area contributed by atoms with Gasteiger partial charge in [0.15, 0.2) is 6.61 Å². The highest BCUT2D eigenvalue weighted by molar-refractivity contribution is 5.93. The smallest absolute Gasteiger partial charge is 0.422 e. The zero-order valence-corrected chi connectivity index (χ0v) is 16.1. The number of halogens is 3. The van der Waals surface area contributed by atoms with Crippen molar-refractivity contribution < 1.29 is 22.7 Å². The lowest BCUT2D eigenvalue weighted by atomic mass is 10.2. The standard InChI is InChI=1S/C21H21F3N4O2/c22-21(23,24)14-30-19-8-5-17(11-15(19)12-25)26-13-20(29)27-16-3-6-18(7-4-16)28-9-1-2-10-28/h3-8,11,26H,1-2,9-10,13-14H2,(H,27,29). The molecule has 2 aromatic carbocycles. The fraction of sp³-hybridized carbons (Fsp3) is 0.333. The molecule has 0 aromatic heterocycles. The van der Waals surface area contributed by atoms with Gasteiger partial charge in [-0.3, -0.25) is 4.79 Å². The molecule has 158 valence electrons. The maximum Gasteiger partial charge on any atom is 0.422 e. The second-order valence-corrected chi connectivity index (χ2v) is 6.87. The van der Waals surface area contributed by atoms with Gasteiger partial charge in [-0.25, -0.2) is 0 Å². The first-order valence-corrected chi connectivity index (χ1v) is 9.46. The van der Waals surface area contributed by atoms with Crippen molar-refractivity contribution >= 4 is 23.0 Å². The third kappa shape index (κ3) is 6.04. The van der Waals surface area contributed by atoms with Crippen molar-refractivity contribution in [3.05, 3.63) is 48.0 Å². The maximum atomic E-state index is 12.3. The summed E-state index contributed by atoms with van der Waals surface area (Å²) >= 11 is 0. The zero-order valence-electron chi connectivity index (χ0n) is 16.1. The van der Waals surface area contributed by atoms with Crippen molar-refractivity contribution in [1.29, 1.82) is 5.26 Å². The molecule has 0 aliphatic carbocycles. The third-order valence-electron chi connectivity index (χ3n) is 4.57. The first-order chi connectivity index (χ1) is 14.3. The van der Waals surface area contributed by atoms with Crippen molar-refractivity contribution in [2.24, 2.45) is 0 Å². The number of ether oxygens (including phenoxy) is 1. The van der Waals surface area contributed by atoms with Crippen molar-refractivity contribution in [3.8, 4) is 11.8 Å². The van der Waals surface area contributed by atoms with Crippen LogP contribution in [0.15, 0.2) is 42.5 Å². The summed E-state index contributed by atoms with van der Waals surface area (Å²) in [6, 6.07) is 13.5. The molecule has 1 heterocycles.